The van der Waals surface area contributed by atoms with Gasteiger partial charge in [-0.2, -0.15) is 0 Å². The van der Waals surface area contributed by atoms with Crippen molar-refractivity contribution in [1.29, 1.82) is 0 Å². The van der Waals surface area contributed by atoms with E-state index in [1.807, 2.05) is 26.0 Å². The van der Waals surface area contributed by atoms with E-state index in [0.717, 1.165) is 40.1 Å². The molecule has 1 atom stereocenters. The third-order valence-corrected chi connectivity index (χ3v) is 5.23. The Hall–Kier alpha value is -1.83. The molecule has 0 bridgehead atoms. The predicted molar refractivity (Wildman–Crippen MR) is 106 cm³/mol. The highest BCUT2D eigenvalue weighted by atomic mass is 79.9. The van der Waals surface area contributed by atoms with Crippen molar-refractivity contribution in [2.24, 2.45) is 0 Å². The third-order valence-electron chi connectivity index (χ3n) is 4.37. The summed E-state index contributed by atoms with van der Waals surface area (Å²) in [6, 6.07) is 3.93. The highest BCUT2D eigenvalue weighted by Gasteiger charge is 2.17. The van der Waals surface area contributed by atoms with E-state index in [2.05, 4.69) is 31.2 Å². The fraction of sp³-hybridized carbons (Fsp3) is 0.450. The number of ketones is 1. The summed E-state index contributed by atoms with van der Waals surface area (Å²) in [5.41, 5.74) is 3.44. The molecule has 2 heterocycles. The highest BCUT2D eigenvalue weighted by molar-refractivity contribution is 9.10. The molecule has 0 saturated carbocycles. The maximum absolute atomic E-state index is 12.5. The molecule has 1 aromatic carbocycles. The number of hydrogen-bond acceptors (Lipinski definition) is 6. The van der Waals surface area contributed by atoms with E-state index in [1.54, 1.807) is 12.4 Å². The van der Waals surface area contributed by atoms with Gasteiger partial charge in [-0.05, 0) is 31.5 Å². The summed E-state index contributed by atoms with van der Waals surface area (Å²) in [6.45, 7) is 6.67. The van der Waals surface area contributed by atoms with Crippen molar-refractivity contribution in [3.63, 3.8) is 0 Å². The Bertz CT molecular complexity index is 790. The number of benzene rings is 1. The lowest BCUT2D eigenvalue weighted by Gasteiger charge is -2.24. The Labute approximate surface area is 167 Å². The minimum Gasteiger partial charge on any atom is -0.491 e. The van der Waals surface area contributed by atoms with Crippen LogP contribution in [0.5, 0.6) is 5.75 Å². The molecule has 1 aromatic heterocycles. The molecule has 1 fully saturated rings. The summed E-state index contributed by atoms with van der Waals surface area (Å²) in [5, 5.41) is 3.29. The SMILES string of the molecule is Cc1cnc(CC(=O)Cc2cc(Br)c(C)cc2OCC2CNCCO2)cn1. The van der Waals surface area contributed by atoms with Crippen molar-refractivity contribution in [3.05, 3.63) is 51.5 Å². The zero-order valence-corrected chi connectivity index (χ0v) is 17.2. The number of halogens is 1. The number of nitrogens with zero attached hydrogens (tertiary/aromatic N) is 2. The van der Waals surface area contributed by atoms with Crippen LogP contribution in [0.4, 0.5) is 0 Å². The maximum Gasteiger partial charge on any atom is 0.143 e. The minimum atomic E-state index is 0.0223. The van der Waals surface area contributed by atoms with Gasteiger partial charge in [0.05, 0.1) is 24.4 Å². The van der Waals surface area contributed by atoms with Gasteiger partial charge in [0.15, 0.2) is 0 Å². The zero-order valence-electron chi connectivity index (χ0n) is 15.6. The molecule has 27 heavy (non-hydrogen) atoms. The van der Waals surface area contributed by atoms with Gasteiger partial charge in [-0.3, -0.25) is 14.8 Å². The number of nitrogens with one attached hydrogen (secondary N) is 1. The van der Waals surface area contributed by atoms with Crippen LogP contribution < -0.4 is 10.1 Å². The van der Waals surface area contributed by atoms with Gasteiger partial charge in [-0.1, -0.05) is 15.9 Å². The van der Waals surface area contributed by atoms with Gasteiger partial charge in [-0.25, -0.2) is 0 Å². The number of hydrogen-bond donors (Lipinski definition) is 1. The summed E-state index contributed by atoms with van der Waals surface area (Å²) >= 11 is 3.55. The predicted octanol–water partition coefficient (Wildman–Crippen LogP) is 2.58. The van der Waals surface area contributed by atoms with Crippen molar-refractivity contribution in [2.45, 2.75) is 32.8 Å². The van der Waals surface area contributed by atoms with Crippen LogP contribution in [0.15, 0.2) is 29.0 Å². The minimum absolute atomic E-state index is 0.0223. The van der Waals surface area contributed by atoms with Crippen LogP contribution >= 0.6 is 15.9 Å². The molecular weight excluding hydrogens is 410 g/mol. The maximum atomic E-state index is 12.5. The van der Waals surface area contributed by atoms with E-state index >= 15 is 0 Å². The van der Waals surface area contributed by atoms with Crippen LogP contribution in [-0.2, 0) is 22.4 Å². The van der Waals surface area contributed by atoms with Gasteiger partial charge in [0.25, 0.3) is 0 Å². The van der Waals surface area contributed by atoms with Crippen LogP contribution in [0.2, 0.25) is 0 Å². The van der Waals surface area contributed by atoms with E-state index in [-0.39, 0.29) is 24.7 Å². The standard InChI is InChI=1S/C20H24BrN3O3/c1-13-5-20(27-12-18-11-22-3-4-26-18)15(7-19(13)21)6-17(25)8-16-10-23-14(2)9-24-16/h5,7,9-10,18,22H,3-4,6,8,11-12H2,1-2H3. The molecule has 3 rings (SSSR count). The van der Waals surface area contributed by atoms with Crippen LogP contribution in [0.3, 0.4) is 0 Å². The zero-order chi connectivity index (χ0) is 19.2. The van der Waals surface area contributed by atoms with Gasteiger partial charge in [0, 0.05) is 41.9 Å². The molecule has 1 unspecified atom stereocenters. The largest absolute Gasteiger partial charge is 0.491 e. The van der Waals surface area contributed by atoms with E-state index in [4.69, 9.17) is 9.47 Å². The van der Waals surface area contributed by atoms with E-state index in [9.17, 15) is 4.79 Å². The lowest BCUT2D eigenvalue weighted by Crippen LogP contribution is -2.41. The Balaban J connectivity index is 1.67. The average Bonchev–Trinajstić information content (AvgIpc) is 2.66. The van der Waals surface area contributed by atoms with Crippen LogP contribution in [0, 0.1) is 13.8 Å². The normalized spacial score (nSPS) is 16.9. The fourth-order valence-electron chi connectivity index (χ4n) is 2.87. The number of carbonyl (C=O) groups is 1. The first-order chi connectivity index (χ1) is 13.0. The summed E-state index contributed by atoms with van der Waals surface area (Å²) in [5.74, 6) is 0.803. The average molecular weight is 434 g/mol. The number of carbonyl (C=O) groups excluding carboxylic acids is 1. The van der Waals surface area contributed by atoms with Crippen molar-refractivity contribution in [1.82, 2.24) is 15.3 Å². The molecule has 144 valence electrons. The fourth-order valence-corrected chi connectivity index (χ4v) is 3.26. The molecule has 1 N–H and O–H groups in total. The molecule has 0 spiro atoms. The van der Waals surface area contributed by atoms with Crippen molar-refractivity contribution >= 4 is 21.7 Å². The molecule has 1 aliphatic heterocycles. The second kappa shape index (κ2) is 9.39. The summed E-state index contributed by atoms with van der Waals surface area (Å²) in [6.07, 6.45) is 3.90. The van der Waals surface area contributed by atoms with Crippen molar-refractivity contribution in [2.75, 3.05) is 26.3 Å². The van der Waals surface area contributed by atoms with Crippen LogP contribution in [0.1, 0.15) is 22.5 Å². The van der Waals surface area contributed by atoms with Gasteiger partial charge < -0.3 is 14.8 Å². The van der Waals surface area contributed by atoms with Gasteiger partial charge >= 0.3 is 0 Å². The number of aryl methyl sites for hydroxylation is 2. The summed E-state index contributed by atoms with van der Waals surface area (Å²) in [7, 11) is 0. The molecular formula is C20H24BrN3O3. The molecule has 2 aromatic rings. The van der Waals surface area contributed by atoms with Gasteiger partial charge in [0.1, 0.15) is 24.2 Å². The first-order valence-electron chi connectivity index (χ1n) is 9.04. The molecule has 0 amide bonds. The second-order valence-electron chi connectivity index (χ2n) is 6.76. The monoisotopic (exact) mass is 433 g/mol. The van der Waals surface area contributed by atoms with Crippen molar-refractivity contribution < 1.29 is 14.3 Å². The van der Waals surface area contributed by atoms with Crippen LogP contribution in [-0.4, -0.2) is 48.2 Å². The van der Waals surface area contributed by atoms with Gasteiger partial charge in [0.2, 0.25) is 0 Å². The number of Topliss-reactive ketones (excluding diaryl/α,β-unsaturated/α-hetero) is 1. The summed E-state index contributed by atoms with van der Waals surface area (Å²) < 4.78 is 12.7. The molecule has 0 radical (unpaired) electrons. The molecule has 1 saturated heterocycles. The number of rotatable bonds is 7. The molecule has 1 aliphatic rings. The molecule has 0 aliphatic carbocycles. The van der Waals surface area contributed by atoms with Crippen molar-refractivity contribution in [3.8, 4) is 5.75 Å². The molecule has 7 heteroatoms. The van der Waals surface area contributed by atoms with E-state index in [1.165, 1.54) is 0 Å². The smallest absolute Gasteiger partial charge is 0.143 e. The van der Waals surface area contributed by atoms with E-state index < -0.39 is 0 Å². The first kappa shape index (κ1) is 19.9. The Morgan fingerprint density at radius 3 is 2.85 bits per heavy atom. The Kier molecular flexibility index (Phi) is 6.93. The highest BCUT2D eigenvalue weighted by Crippen LogP contribution is 2.28. The number of ether oxygens (including phenoxy) is 2. The van der Waals surface area contributed by atoms with Gasteiger partial charge in [-0.15, -0.1) is 0 Å². The lowest BCUT2D eigenvalue weighted by atomic mass is 10.0. The topological polar surface area (TPSA) is 73.3 Å². The Morgan fingerprint density at radius 1 is 1.30 bits per heavy atom. The Morgan fingerprint density at radius 2 is 2.15 bits per heavy atom. The molecule has 6 nitrogen and oxygen atoms in total. The second-order valence-corrected chi connectivity index (χ2v) is 7.61. The number of aromatic nitrogens is 2. The quantitative estimate of drug-likeness (QED) is 0.723. The van der Waals surface area contributed by atoms with E-state index in [0.29, 0.717) is 18.9 Å². The first-order valence-corrected chi connectivity index (χ1v) is 9.84. The van der Waals surface area contributed by atoms with Crippen LogP contribution in [0.25, 0.3) is 0 Å². The number of morpholine rings is 1. The third kappa shape index (κ3) is 5.82. The summed E-state index contributed by atoms with van der Waals surface area (Å²) in [4.78, 5) is 21.0. The lowest BCUT2D eigenvalue weighted by molar-refractivity contribution is -0.117.